The Morgan fingerprint density at radius 2 is 1.97 bits per heavy atom. The Morgan fingerprint density at radius 3 is 2.61 bits per heavy atom. The summed E-state index contributed by atoms with van der Waals surface area (Å²) in [6.07, 6.45) is 2.57. The van der Waals surface area contributed by atoms with Crippen LogP contribution in [0.25, 0.3) is 11.3 Å². The van der Waals surface area contributed by atoms with Gasteiger partial charge in [0.2, 0.25) is 15.9 Å². The second-order valence-corrected chi connectivity index (χ2v) is 9.30. The number of rotatable bonds is 7. The Bertz CT molecular complexity index is 1370. The lowest BCUT2D eigenvalue weighted by Gasteiger charge is -2.16. The fourth-order valence-corrected chi connectivity index (χ4v) is 3.71. The molecule has 0 atom stereocenters. The molecule has 1 aliphatic rings. The summed E-state index contributed by atoms with van der Waals surface area (Å²) in [4.78, 5) is 16.3. The summed E-state index contributed by atoms with van der Waals surface area (Å²) in [5, 5.41) is 9.13. The Morgan fingerprint density at radius 1 is 1.21 bits per heavy atom. The molecule has 3 aromatic heterocycles. The largest absolute Gasteiger partial charge is 0.433 e. The summed E-state index contributed by atoms with van der Waals surface area (Å²) < 4.78 is 58.5. The third-order valence-electron chi connectivity index (χ3n) is 4.76. The summed E-state index contributed by atoms with van der Waals surface area (Å²) in [5.41, 5.74) is 1.76. The molecule has 0 aromatic carbocycles. The van der Waals surface area contributed by atoms with Crippen molar-refractivity contribution in [2.75, 3.05) is 11.0 Å². The Kier molecular flexibility index (Phi) is 5.90. The van der Waals surface area contributed by atoms with Crippen molar-refractivity contribution in [2.45, 2.75) is 32.1 Å². The molecule has 3 aromatic rings. The molecule has 1 saturated carbocycles. The first kappa shape index (κ1) is 22.5. The van der Waals surface area contributed by atoms with Crippen molar-refractivity contribution in [3.63, 3.8) is 0 Å². The molecule has 0 radical (unpaired) electrons. The quantitative estimate of drug-likeness (QED) is 0.544. The Hall–Kier alpha value is -3.72. The van der Waals surface area contributed by atoms with Gasteiger partial charge in [0.1, 0.15) is 11.8 Å². The predicted molar refractivity (Wildman–Crippen MR) is 114 cm³/mol. The van der Waals surface area contributed by atoms with E-state index in [1.807, 2.05) is 6.07 Å². The highest BCUT2D eigenvalue weighted by molar-refractivity contribution is 7.92. The highest BCUT2D eigenvalue weighted by Gasteiger charge is 2.32. The highest BCUT2D eigenvalue weighted by Crippen LogP contribution is 2.46. The molecule has 170 valence electrons. The van der Waals surface area contributed by atoms with Crippen LogP contribution in [0.5, 0.6) is 11.6 Å². The molecule has 1 aliphatic carbocycles. The van der Waals surface area contributed by atoms with E-state index in [0.717, 1.165) is 19.1 Å². The number of pyridine rings is 2. The fourth-order valence-electron chi connectivity index (χ4n) is 3.16. The number of nitriles is 1. The highest BCUT2D eigenvalue weighted by atomic mass is 32.2. The van der Waals surface area contributed by atoms with E-state index in [0.29, 0.717) is 22.5 Å². The second-order valence-electron chi connectivity index (χ2n) is 7.56. The van der Waals surface area contributed by atoms with Crippen LogP contribution in [0.1, 0.15) is 48.0 Å². The van der Waals surface area contributed by atoms with Gasteiger partial charge in [-0.2, -0.15) is 5.26 Å². The first-order valence-electron chi connectivity index (χ1n) is 9.83. The second kappa shape index (κ2) is 8.67. The van der Waals surface area contributed by atoms with Crippen LogP contribution in [-0.2, 0) is 10.0 Å². The van der Waals surface area contributed by atoms with Gasteiger partial charge in [0.25, 0.3) is 6.43 Å². The zero-order valence-electron chi connectivity index (χ0n) is 17.6. The van der Waals surface area contributed by atoms with Crippen LogP contribution < -0.4 is 9.46 Å². The Balaban J connectivity index is 1.82. The van der Waals surface area contributed by atoms with Crippen LogP contribution in [0, 0.1) is 18.3 Å². The number of nitrogens with one attached hydrogen (secondary N) is 1. The van der Waals surface area contributed by atoms with Crippen molar-refractivity contribution in [1.29, 1.82) is 5.26 Å². The van der Waals surface area contributed by atoms with Crippen molar-refractivity contribution < 1.29 is 21.9 Å². The summed E-state index contributed by atoms with van der Waals surface area (Å²) in [6, 6.07) is 6.57. The van der Waals surface area contributed by atoms with Gasteiger partial charge in [-0.25, -0.2) is 32.2 Å². The maximum Gasteiger partial charge on any atom is 0.297 e. The predicted octanol–water partition coefficient (Wildman–Crippen LogP) is 4.09. The number of alkyl halides is 2. The topological polar surface area (TPSA) is 131 Å². The molecule has 0 bridgehead atoms. The van der Waals surface area contributed by atoms with Gasteiger partial charge in [-0.3, -0.25) is 9.71 Å². The first-order valence-corrected chi connectivity index (χ1v) is 11.7. The van der Waals surface area contributed by atoms with Crippen LogP contribution in [0.3, 0.4) is 0 Å². The molecule has 33 heavy (non-hydrogen) atoms. The fraction of sp³-hybridized carbons (Fsp3) is 0.286. The van der Waals surface area contributed by atoms with E-state index < -0.39 is 22.3 Å². The molecule has 0 saturated heterocycles. The van der Waals surface area contributed by atoms with E-state index >= 15 is 0 Å². The van der Waals surface area contributed by atoms with Gasteiger partial charge >= 0.3 is 0 Å². The van der Waals surface area contributed by atoms with Crippen molar-refractivity contribution in [3.8, 4) is 29.0 Å². The molecule has 0 spiro atoms. The zero-order valence-corrected chi connectivity index (χ0v) is 18.4. The lowest BCUT2D eigenvalue weighted by atomic mass is 10.1. The molecule has 0 unspecified atom stereocenters. The van der Waals surface area contributed by atoms with E-state index in [1.165, 1.54) is 25.4 Å². The minimum Gasteiger partial charge on any atom is -0.433 e. The SMILES string of the molecule is Cc1nc(C(F)F)nc(C2CC2)c1Oc1nc(-c2cncc(C#N)c2)ccc1NS(C)(=O)=O. The number of aryl methyl sites for hydroxylation is 1. The van der Waals surface area contributed by atoms with E-state index in [4.69, 9.17) is 10.00 Å². The normalized spacial score (nSPS) is 13.6. The number of nitrogens with zero attached hydrogens (tertiary/aromatic N) is 5. The molecule has 1 fully saturated rings. The monoisotopic (exact) mass is 472 g/mol. The molecule has 12 heteroatoms. The van der Waals surface area contributed by atoms with Gasteiger partial charge in [-0.05, 0) is 38.0 Å². The lowest BCUT2D eigenvalue weighted by Crippen LogP contribution is -2.12. The number of aromatic nitrogens is 4. The summed E-state index contributed by atoms with van der Waals surface area (Å²) in [5.74, 6) is -0.590. The molecule has 4 rings (SSSR count). The number of hydrogen-bond acceptors (Lipinski definition) is 8. The number of ether oxygens (including phenoxy) is 1. The van der Waals surface area contributed by atoms with Gasteiger partial charge in [-0.15, -0.1) is 0 Å². The van der Waals surface area contributed by atoms with Crippen molar-refractivity contribution >= 4 is 15.7 Å². The number of sulfonamides is 1. The average Bonchev–Trinajstić information content (AvgIpc) is 3.60. The maximum absolute atomic E-state index is 13.2. The molecule has 0 amide bonds. The summed E-state index contributed by atoms with van der Waals surface area (Å²) >= 11 is 0. The molecule has 9 nitrogen and oxygen atoms in total. The number of anilines is 1. The molecule has 3 heterocycles. The zero-order chi connectivity index (χ0) is 23.8. The third-order valence-corrected chi connectivity index (χ3v) is 5.35. The van der Waals surface area contributed by atoms with Crippen molar-refractivity contribution in [3.05, 3.63) is 53.4 Å². The van der Waals surface area contributed by atoms with Gasteiger partial charge in [0.05, 0.1) is 28.9 Å². The number of hydrogen-bond donors (Lipinski definition) is 1. The van der Waals surface area contributed by atoms with Crippen LogP contribution in [0.2, 0.25) is 0 Å². The average molecular weight is 472 g/mol. The third kappa shape index (κ3) is 5.20. The minimum absolute atomic E-state index is 0.0460. The van der Waals surface area contributed by atoms with Crippen molar-refractivity contribution in [2.24, 2.45) is 0 Å². The van der Waals surface area contributed by atoms with Crippen LogP contribution in [0.15, 0.2) is 30.6 Å². The van der Waals surface area contributed by atoms with Gasteiger partial charge in [-0.1, -0.05) is 0 Å². The maximum atomic E-state index is 13.2. The molecular formula is C21H18F2N6O3S. The van der Waals surface area contributed by atoms with Crippen LogP contribution >= 0.6 is 0 Å². The van der Waals surface area contributed by atoms with E-state index in [2.05, 4.69) is 24.7 Å². The van der Waals surface area contributed by atoms with Gasteiger partial charge < -0.3 is 4.74 Å². The standard InChI is InChI=1S/C21H18F2N6O3S/c1-11-18(17(13-3-4-13)28-20(26-11)19(22)23)32-21-16(29-33(2,30)31)6-5-15(27-21)14-7-12(8-24)9-25-10-14/h5-7,9-10,13,19,29H,3-4H2,1-2H3. The van der Waals surface area contributed by atoms with Crippen LogP contribution in [0.4, 0.5) is 14.5 Å². The molecule has 1 N–H and O–H groups in total. The summed E-state index contributed by atoms with van der Waals surface area (Å²) in [6.45, 7) is 1.52. The number of halogens is 2. The van der Waals surface area contributed by atoms with Gasteiger partial charge in [0, 0.05) is 23.9 Å². The lowest BCUT2D eigenvalue weighted by molar-refractivity contribution is 0.139. The molecule has 0 aliphatic heterocycles. The van der Waals surface area contributed by atoms with Crippen molar-refractivity contribution in [1.82, 2.24) is 19.9 Å². The minimum atomic E-state index is -3.68. The van der Waals surface area contributed by atoms with E-state index in [1.54, 1.807) is 12.1 Å². The Labute approximate surface area is 188 Å². The van der Waals surface area contributed by atoms with Gasteiger partial charge in [0.15, 0.2) is 11.6 Å². The smallest absolute Gasteiger partial charge is 0.297 e. The first-order chi connectivity index (χ1) is 15.6. The summed E-state index contributed by atoms with van der Waals surface area (Å²) in [7, 11) is -3.68. The van der Waals surface area contributed by atoms with E-state index in [-0.39, 0.29) is 28.9 Å². The molecular weight excluding hydrogens is 454 g/mol. The van der Waals surface area contributed by atoms with E-state index in [9.17, 15) is 17.2 Å². The van der Waals surface area contributed by atoms with Crippen LogP contribution in [-0.4, -0.2) is 34.6 Å².